The average Bonchev–Trinajstić information content (AvgIpc) is 3.20. The molecule has 0 bridgehead atoms. The van der Waals surface area contributed by atoms with E-state index >= 15 is 0 Å². The van der Waals surface area contributed by atoms with Gasteiger partial charge in [0.2, 0.25) is 17.7 Å². The van der Waals surface area contributed by atoms with Crippen LogP contribution in [0.3, 0.4) is 0 Å². The number of nitrogens with zero attached hydrogens (tertiary/aromatic N) is 1. The molecule has 2 fully saturated rings. The summed E-state index contributed by atoms with van der Waals surface area (Å²) in [7, 11) is 0. The molecule has 24 heavy (non-hydrogen) atoms. The second-order valence-electron chi connectivity index (χ2n) is 6.16. The van der Waals surface area contributed by atoms with E-state index in [0.29, 0.717) is 5.69 Å². The number of hydrogen-bond donors (Lipinski definition) is 3. The Morgan fingerprint density at radius 3 is 2.38 bits per heavy atom. The first-order valence-electron chi connectivity index (χ1n) is 8.15. The molecule has 0 unspecified atom stereocenters. The Kier molecular flexibility index (Phi) is 4.64. The summed E-state index contributed by atoms with van der Waals surface area (Å²) in [5.74, 6) is -1.65. The van der Waals surface area contributed by atoms with Crippen LogP contribution in [-0.4, -0.2) is 40.1 Å². The van der Waals surface area contributed by atoms with Crippen molar-refractivity contribution in [1.29, 1.82) is 0 Å². The number of likely N-dealkylation sites (tertiary alicyclic amines) is 1. The Morgan fingerprint density at radius 2 is 1.79 bits per heavy atom. The number of H-pyrrole nitrogens is 1. The fraction of sp³-hybridized carbons (Fsp3) is 0.500. The lowest BCUT2D eigenvalue weighted by Gasteiger charge is -2.19. The first-order valence-corrected chi connectivity index (χ1v) is 8.15. The summed E-state index contributed by atoms with van der Waals surface area (Å²) in [6, 6.07) is 3.24. The van der Waals surface area contributed by atoms with E-state index in [1.165, 1.54) is 4.90 Å². The van der Waals surface area contributed by atoms with Crippen LogP contribution in [0.25, 0.3) is 0 Å². The lowest BCUT2D eigenvalue weighted by atomic mass is 9.81. The standard InChI is InChI=1S/C16H20N4O4/c21-13(18-19-14(22)12-6-3-8-17-12)7-9-20-15(23)10-4-1-2-5-11(10)16(20)24/h3,6,8,10-11,17H,1-2,4-5,7,9H2,(H,18,21)(H,19,22)/t10-,11-/m1/s1. The summed E-state index contributed by atoms with van der Waals surface area (Å²) in [6.45, 7) is 0.0505. The van der Waals surface area contributed by atoms with Crippen molar-refractivity contribution >= 4 is 23.6 Å². The Hall–Kier alpha value is -2.64. The van der Waals surface area contributed by atoms with E-state index in [2.05, 4.69) is 15.8 Å². The van der Waals surface area contributed by atoms with Gasteiger partial charge >= 0.3 is 0 Å². The second-order valence-corrected chi connectivity index (χ2v) is 6.16. The zero-order valence-corrected chi connectivity index (χ0v) is 13.2. The highest BCUT2D eigenvalue weighted by atomic mass is 16.2. The molecule has 8 heteroatoms. The number of carbonyl (C=O) groups excluding carboxylic acids is 4. The van der Waals surface area contributed by atoms with Gasteiger partial charge in [0.05, 0.1) is 11.8 Å². The zero-order chi connectivity index (χ0) is 17.1. The topological polar surface area (TPSA) is 111 Å². The summed E-state index contributed by atoms with van der Waals surface area (Å²) < 4.78 is 0. The van der Waals surface area contributed by atoms with Gasteiger partial charge in [-0.2, -0.15) is 0 Å². The fourth-order valence-corrected chi connectivity index (χ4v) is 3.39. The van der Waals surface area contributed by atoms with Crippen LogP contribution in [0.1, 0.15) is 42.6 Å². The Morgan fingerprint density at radius 1 is 1.12 bits per heavy atom. The number of carbonyl (C=O) groups is 4. The number of imide groups is 1. The minimum Gasteiger partial charge on any atom is -0.357 e. The highest BCUT2D eigenvalue weighted by molar-refractivity contribution is 6.05. The average molecular weight is 332 g/mol. The van der Waals surface area contributed by atoms with Crippen molar-refractivity contribution in [2.45, 2.75) is 32.1 Å². The van der Waals surface area contributed by atoms with Crippen LogP contribution in [-0.2, 0) is 14.4 Å². The van der Waals surface area contributed by atoms with Gasteiger partial charge in [0.25, 0.3) is 5.91 Å². The first-order chi connectivity index (χ1) is 11.6. The number of rotatable bonds is 4. The van der Waals surface area contributed by atoms with E-state index in [1.54, 1.807) is 18.3 Å². The fourth-order valence-electron chi connectivity index (χ4n) is 3.39. The quantitative estimate of drug-likeness (QED) is 0.545. The number of hydrazine groups is 1. The summed E-state index contributed by atoms with van der Waals surface area (Å²) in [6.07, 6.45) is 5.01. The number of amides is 4. The lowest BCUT2D eigenvalue weighted by molar-refractivity contribution is -0.140. The van der Waals surface area contributed by atoms with E-state index in [4.69, 9.17) is 0 Å². The molecule has 0 spiro atoms. The lowest BCUT2D eigenvalue weighted by Crippen LogP contribution is -2.43. The monoisotopic (exact) mass is 332 g/mol. The molecule has 128 valence electrons. The van der Waals surface area contributed by atoms with Crippen molar-refractivity contribution in [3.05, 3.63) is 24.0 Å². The number of fused-ring (bicyclic) bond motifs is 1. The minimum atomic E-state index is -0.465. The highest BCUT2D eigenvalue weighted by Gasteiger charge is 2.47. The van der Waals surface area contributed by atoms with Gasteiger partial charge in [-0.25, -0.2) is 0 Å². The van der Waals surface area contributed by atoms with E-state index in [9.17, 15) is 19.2 Å². The molecule has 0 radical (unpaired) electrons. The molecule has 1 aromatic heterocycles. The number of hydrogen-bond acceptors (Lipinski definition) is 4. The third kappa shape index (κ3) is 3.17. The molecule has 2 aliphatic rings. The Bertz CT molecular complexity index is 631. The molecule has 2 heterocycles. The van der Waals surface area contributed by atoms with Crippen molar-refractivity contribution in [3.63, 3.8) is 0 Å². The molecule has 8 nitrogen and oxygen atoms in total. The van der Waals surface area contributed by atoms with Gasteiger partial charge in [-0.15, -0.1) is 0 Å². The first kappa shape index (κ1) is 16.2. The van der Waals surface area contributed by atoms with Crippen molar-refractivity contribution in [1.82, 2.24) is 20.7 Å². The maximum atomic E-state index is 12.3. The van der Waals surface area contributed by atoms with Crippen LogP contribution in [0.2, 0.25) is 0 Å². The maximum Gasteiger partial charge on any atom is 0.286 e. The third-order valence-electron chi connectivity index (χ3n) is 4.65. The molecule has 1 aliphatic heterocycles. The smallest absolute Gasteiger partial charge is 0.286 e. The van der Waals surface area contributed by atoms with Gasteiger partial charge in [0.15, 0.2) is 0 Å². The molecule has 4 amide bonds. The molecule has 1 saturated heterocycles. The number of nitrogens with one attached hydrogen (secondary N) is 3. The van der Waals surface area contributed by atoms with E-state index in [-0.39, 0.29) is 36.6 Å². The van der Waals surface area contributed by atoms with Gasteiger partial charge in [0, 0.05) is 19.2 Å². The summed E-state index contributed by atoms with van der Waals surface area (Å²) >= 11 is 0. The molecule has 1 aromatic rings. The van der Waals surface area contributed by atoms with Crippen LogP contribution >= 0.6 is 0 Å². The SMILES string of the molecule is O=C(CCN1C(=O)[C@@H]2CCCC[C@H]2C1=O)NNC(=O)c1ccc[nH]1. The van der Waals surface area contributed by atoms with Crippen molar-refractivity contribution in [3.8, 4) is 0 Å². The normalized spacial score (nSPS) is 23.1. The van der Waals surface area contributed by atoms with E-state index in [0.717, 1.165) is 25.7 Å². The van der Waals surface area contributed by atoms with Gasteiger partial charge < -0.3 is 4.98 Å². The van der Waals surface area contributed by atoms with E-state index < -0.39 is 11.8 Å². The molecule has 3 N–H and O–H groups in total. The molecular formula is C16H20N4O4. The largest absolute Gasteiger partial charge is 0.357 e. The summed E-state index contributed by atoms with van der Waals surface area (Å²) in [4.78, 5) is 52.0. The molecule has 0 aromatic carbocycles. The predicted octanol–water partition coefficient (Wildman–Crippen LogP) is 0.341. The number of aromatic nitrogens is 1. The van der Waals surface area contributed by atoms with Crippen LogP contribution < -0.4 is 10.9 Å². The van der Waals surface area contributed by atoms with E-state index in [1.807, 2.05) is 0 Å². The summed E-state index contributed by atoms with van der Waals surface area (Å²) in [5, 5.41) is 0. The molecule has 3 rings (SSSR count). The molecular weight excluding hydrogens is 312 g/mol. The molecule has 1 aliphatic carbocycles. The predicted molar refractivity (Wildman–Crippen MR) is 83.2 cm³/mol. The summed E-state index contributed by atoms with van der Waals surface area (Å²) in [5.41, 5.74) is 4.88. The second kappa shape index (κ2) is 6.86. The Labute approximate surface area is 138 Å². The van der Waals surface area contributed by atoms with Gasteiger partial charge in [-0.05, 0) is 25.0 Å². The molecule has 2 atom stereocenters. The third-order valence-corrected chi connectivity index (χ3v) is 4.65. The van der Waals surface area contributed by atoms with Crippen LogP contribution in [0, 0.1) is 11.8 Å². The van der Waals surface area contributed by atoms with Crippen LogP contribution in [0.15, 0.2) is 18.3 Å². The number of aromatic amines is 1. The highest BCUT2D eigenvalue weighted by Crippen LogP contribution is 2.37. The van der Waals surface area contributed by atoms with Crippen LogP contribution in [0.4, 0.5) is 0 Å². The zero-order valence-electron chi connectivity index (χ0n) is 13.2. The van der Waals surface area contributed by atoms with Gasteiger partial charge in [-0.3, -0.25) is 34.9 Å². The minimum absolute atomic E-state index is 0.0398. The van der Waals surface area contributed by atoms with Crippen LogP contribution in [0.5, 0.6) is 0 Å². The van der Waals surface area contributed by atoms with Gasteiger partial charge in [-0.1, -0.05) is 12.8 Å². The maximum absolute atomic E-state index is 12.3. The van der Waals surface area contributed by atoms with Crippen molar-refractivity contribution in [2.24, 2.45) is 11.8 Å². The Balaban J connectivity index is 1.47. The van der Waals surface area contributed by atoms with Crippen molar-refractivity contribution in [2.75, 3.05) is 6.54 Å². The van der Waals surface area contributed by atoms with Gasteiger partial charge in [0.1, 0.15) is 5.69 Å². The molecule has 1 saturated carbocycles. The van der Waals surface area contributed by atoms with Crippen molar-refractivity contribution < 1.29 is 19.2 Å².